The van der Waals surface area contributed by atoms with Crippen LogP contribution in [0.3, 0.4) is 0 Å². The van der Waals surface area contributed by atoms with Crippen molar-refractivity contribution in [1.29, 1.82) is 0 Å². The molecule has 1 unspecified atom stereocenters. The SMILES string of the molecule is O=C1CCN(Cc2cccc(F)c2)CC2(CCN(C(=O)COCc3ccccc3)C2)N1. The minimum absolute atomic E-state index is 0.00336. The van der Waals surface area contributed by atoms with Gasteiger partial charge in [0.1, 0.15) is 12.4 Å². The number of hydrogen-bond donors (Lipinski definition) is 1. The van der Waals surface area contributed by atoms with E-state index in [9.17, 15) is 14.0 Å². The number of ether oxygens (including phenoxy) is 1. The second kappa shape index (κ2) is 9.58. The number of carbonyl (C=O) groups is 2. The summed E-state index contributed by atoms with van der Waals surface area (Å²) in [6.07, 6.45) is 1.09. The van der Waals surface area contributed by atoms with Gasteiger partial charge in [0.05, 0.1) is 12.1 Å². The summed E-state index contributed by atoms with van der Waals surface area (Å²) < 4.78 is 19.2. The molecule has 1 spiro atoms. The number of carbonyl (C=O) groups excluding carboxylic acids is 2. The monoisotopic (exact) mass is 425 g/mol. The van der Waals surface area contributed by atoms with Gasteiger partial charge in [0.2, 0.25) is 11.8 Å². The first-order chi connectivity index (χ1) is 15.0. The van der Waals surface area contributed by atoms with Gasteiger partial charge in [-0.25, -0.2) is 4.39 Å². The summed E-state index contributed by atoms with van der Waals surface area (Å²) in [6.45, 7) is 3.27. The molecular formula is C24H28FN3O3. The Labute approximate surface area is 182 Å². The summed E-state index contributed by atoms with van der Waals surface area (Å²) in [6, 6.07) is 16.3. The van der Waals surface area contributed by atoms with E-state index in [0.717, 1.165) is 11.1 Å². The molecule has 0 aliphatic carbocycles. The normalized spacial score (nSPS) is 21.8. The molecule has 2 saturated heterocycles. The Morgan fingerprint density at radius 2 is 1.87 bits per heavy atom. The zero-order valence-corrected chi connectivity index (χ0v) is 17.6. The van der Waals surface area contributed by atoms with E-state index in [1.54, 1.807) is 11.0 Å². The van der Waals surface area contributed by atoms with Crippen molar-refractivity contribution < 1.29 is 18.7 Å². The maximum Gasteiger partial charge on any atom is 0.248 e. The van der Waals surface area contributed by atoms with Crippen LogP contribution in [0.2, 0.25) is 0 Å². The fourth-order valence-corrected chi connectivity index (χ4v) is 4.43. The van der Waals surface area contributed by atoms with E-state index in [0.29, 0.717) is 52.2 Å². The number of halogens is 1. The lowest BCUT2D eigenvalue weighted by molar-refractivity contribution is -0.136. The van der Waals surface area contributed by atoms with Gasteiger partial charge in [-0.05, 0) is 29.7 Å². The second-order valence-electron chi connectivity index (χ2n) is 8.46. The smallest absolute Gasteiger partial charge is 0.248 e. The predicted molar refractivity (Wildman–Crippen MR) is 114 cm³/mol. The van der Waals surface area contributed by atoms with Crippen molar-refractivity contribution in [2.45, 2.75) is 31.5 Å². The van der Waals surface area contributed by atoms with Crippen LogP contribution in [0, 0.1) is 5.82 Å². The van der Waals surface area contributed by atoms with E-state index in [1.807, 2.05) is 36.4 Å². The van der Waals surface area contributed by atoms with Crippen molar-refractivity contribution in [3.63, 3.8) is 0 Å². The Hall–Kier alpha value is -2.77. The fraction of sp³-hybridized carbons (Fsp3) is 0.417. The molecule has 2 aromatic rings. The van der Waals surface area contributed by atoms with Crippen LogP contribution >= 0.6 is 0 Å². The van der Waals surface area contributed by atoms with Crippen molar-refractivity contribution in [1.82, 2.24) is 15.1 Å². The summed E-state index contributed by atoms with van der Waals surface area (Å²) in [4.78, 5) is 29.0. The van der Waals surface area contributed by atoms with Crippen molar-refractivity contribution in [3.8, 4) is 0 Å². The third kappa shape index (κ3) is 5.68. The van der Waals surface area contributed by atoms with Gasteiger partial charge in [-0.2, -0.15) is 0 Å². The molecule has 6 nitrogen and oxygen atoms in total. The first-order valence-corrected chi connectivity index (χ1v) is 10.7. The van der Waals surface area contributed by atoms with Gasteiger partial charge >= 0.3 is 0 Å². The summed E-state index contributed by atoms with van der Waals surface area (Å²) >= 11 is 0. The Bertz CT molecular complexity index is 923. The number of amides is 2. The van der Waals surface area contributed by atoms with Crippen LogP contribution in [0.4, 0.5) is 4.39 Å². The number of rotatable bonds is 6. The largest absolute Gasteiger partial charge is 0.367 e. The Kier molecular flexibility index (Phi) is 6.63. The van der Waals surface area contributed by atoms with Gasteiger partial charge in [-0.1, -0.05) is 42.5 Å². The average Bonchev–Trinajstić information content (AvgIpc) is 3.09. The number of benzene rings is 2. The molecule has 0 bridgehead atoms. The molecule has 2 aliphatic heterocycles. The zero-order valence-electron chi connectivity index (χ0n) is 17.6. The van der Waals surface area contributed by atoms with E-state index in [-0.39, 0.29) is 24.2 Å². The van der Waals surface area contributed by atoms with E-state index >= 15 is 0 Å². The van der Waals surface area contributed by atoms with Gasteiger partial charge in [0.25, 0.3) is 0 Å². The molecule has 2 heterocycles. The number of hydrogen-bond acceptors (Lipinski definition) is 4. The quantitative estimate of drug-likeness (QED) is 0.772. The van der Waals surface area contributed by atoms with Crippen molar-refractivity contribution in [3.05, 3.63) is 71.5 Å². The molecule has 0 radical (unpaired) electrons. The lowest BCUT2D eigenvalue weighted by atomic mass is 9.98. The number of nitrogens with zero attached hydrogens (tertiary/aromatic N) is 2. The first-order valence-electron chi connectivity index (χ1n) is 10.7. The Balaban J connectivity index is 1.34. The van der Waals surface area contributed by atoms with Crippen LogP contribution in [-0.4, -0.2) is 59.9 Å². The molecular weight excluding hydrogens is 397 g/mol. The topological polar surface area (TPSA) is 61.9 Å². The molecule has 7 heteroatoms. The molecule has 2 aliphatic rings. The summed E-state index contributed by atoms with van der Waals surface area (Å²) in [5.41, 5.74) is 1.43. The molecule has 2 amide bonds. The van der Waals surface area contributed by atoms with Gasteiger partial charge < -0.3 is 15.0 Å². The lowest BCUT2D eigenvalue weighted by Gasteiger charge is -2.33. The molecule has 1 N–H and O–H groups in total. The molecule has 0 saturated carbocycles. The van der Waals surface area contributed by atoms with Crippen LogP contribution in [-0.2, 0) is 27.5 Å². The molecule has 1 atom stereocenters. The highest BCUT2D eigenvalue weighted by Gasteiger charge is 2.43. The standard InChI is InChI=1S/C24H28FN3O3/c25-21-8-4-7-20(13-21)14-27-11-9-22(29)26-24(17-27)10-12-28(18-24)23(30)16-31-15-19-5-2-1-3-6-19/h1-8,13H,9-12,14-18H2,(H,26,29). The van der Waals surface area contributed by atoms with Crippen molar-refractivity contribution in [2.24, 2.45) is 0 Å². The van der Waals surface area contributed by atoms with Crippen molar-refractivity contribution >= 4 is 11.8 Å². The molecule has 2 fully saturated rings. The summed E-state index contributed by atoms with van der Waals surface area (Å²) in [5, 5.41) is 3.16. The summed E-state index contributed by atoms with van der Waals surface area (Å²) in [5.74, 6) is -0.330. The number of nitrogens with one attached hydrogen (secondary N) is 1. The molecule has 31 heavy (non-hydrogen) atoms. The first kappa shape index (κ1) is 21.5. The van der Waals surface area contributed by atoms with Gasteiger partial charge in [-0.3, -0.25) is 14.5 Å². The highest BCUT2D eigenvalue weighted by atomic mass is 19.1. The predicted octanol–water partition coefficient (Wildman–Crippen LogP) is 2.34. The fourth-order valence-electron chi connectivity index (χ4n) is 4.43. The maximum atomic E-state index is 13.6. The third-order valence-corrected chi connectivity index (χ3v) is 5.92. The molecule has 0 aromatic heterocycles. The van der Waals surface area contributed by atoms with E-state index in [4.69, 9.17) is 4.74 Å². The maximum absolute atomic E-state index is 13.6. The van der Waals surface area contributed by atoms with Gasteiger partial charge in [0, 0.05) is 39.1 Å². The zero-order chi connectivity index (χ0) is 21.7. The third-order valence-electron chi connectivity index (χ3n) is 5.92. The molecule has 4 rings (SSSR count). The van der Waals surface area contributed by atoms with Crippen LogP contribution in [0.5, 0.6) is 0 Å². The number of likely N-dealkylation sites (tertiary alicyclic amines) is 1. The molecule has 2 aromatic carbocycles. The lowest BCUT2D eigenvalue weighted by Crippen LogP contribution is -2.55. The summed E-state index contributed by atoms with van der Waals surface area (Å²) in [7, 11) is 0. The van der Waals surface area contributed by atoms with Crippen LogP contribution in [0.15, 0.2) is 54.6 Å². The Morgan fingerprint density at radius 1 is 1.06 bits per heavy atom. The Morgan fingerprint density at radius 3 is 2.68 bits per heavy atom. The van der Waals surface area contributed by atoms with Gasteiger partial charge in [0.15, 0.2) is 0 Å². The minimum Gasteiger partial charge on any atom is -0.367 e. The van der Waals surface area contributed by atoms with Crippen LogP contribution < -0.4 is 5.32 Å². The van der Waals surface area contributed by atoms with E-state index in [1.165, 1.54) is 12.1 Å². The molecule has 164 valence electrons. The highest BCUT2D eigenvalue weighted by Crippen LogP contribution is 2.26. The second-order valence-corrected chi connectivity index (χ2v) is 8.46. The van der Waals surface area contributed by atoms with Crippen LogP contribution in [0.1, 0.15) is 24.0 Å². The minimum atomic E-state index is -0.476. The van der Waals surface area contributed by atoms with E-state index in [2.05, 4.69) is 10.2 Å². The highest BCUT2D eigenvalue weighted by molar-refractivity contribution is 5.80. The van der Waals surface area contributed by atoms with E-state index < -0.39 is 5.54 Å². The van der Waals surface area contributed by atoms with Gasteiger partial charge in [-0.15, -0.1) is 0 Å². The van der Waals surface area contributed by atoms with Crippen molar-refractivity contribution in [2.75, 3.05) is 32.8 Å². The van der Waals surface area contributed by atoms with Crippen LogP contribution in [0.25, 0.3) is 0 Å². The average molecular weight is 426 g/mol.